The van der Waals surface area contributed by atoms with E-state index in [0.717, 1.165) is 11.4 Å². The molecule has 1 heterocycles. The fourth-order valence-corrected chi connectivity index (χ4v) is 3.05. The Balaban J connectivity index is 1.87. The van der Waals surface area contributed by atoms with Gasteiger partial charge in [0.05, 0.1) is 5.56 Å². The van der Waals surface area contributed by atoms with Crippen LogP contribution in [0.4, 0.5) is 11.4 Å². The van der Waals surface area contributed by atoms with Crippen LogP contribution in [0.25, 0.3) is 0 Å². The smallest absolute Gasteiger partial charge is 0.262 e. The fourth-order valence-electron chi connectivity index (χ4n) is 3.05. The molecule has 0 saturated carbocycles. The average Bonchev–Trinajstić information content (AvgIpc) is 2.64. The van der Waals surface area contributed by atoms with E-state index in [1.165, 1.54) is 12.1 Å². The van der Waals surface area contributed by atoms with Crippen molar-refractivity contribution in [1.82, 2.24) is 0 Å². The first kappa shape index (κ1) is 15.1. The SMILES string of the molecule is O=C1c2ccccc2N[C@H](c2ccc(O)c(O)c2)N1c1ccccc1. The third-order valence-corrected chi connectivity index (χ3v) is 4.28. The predicted molar refractivity (Wildman–Crippen MR) is 95.8 cm³/mol. The molecule has 1 aliphatic rings. The molecule has 5 heteroatoms. The minimum atomic E-state index is -0.503. The first-order chi connectivity index (χ1) is 12.1. The van der Waals surface area contributed by atoms with E-state index in [1.54, 1.807) is 17.0 Å². The van der Waals surface area contributed by atoms with Gasteiger partial charge < -0.3 is 15.5 Å². The van der Waals surface area contributed by atoms with E-state index in [4.69, 9.17) is 0 Å². The summed E-state index contributed by atoms with van der Waals surface area (Å²) < 4.78 is 0. The molecule has 25 heavy (non-hydrogen) atoms. The molecular formula is C20H16N2O3. The van der Waals surface area contributed by atoms with Crippen molar-refractivity contribution in [3.63, 3.8) is 0 Å². The van der Waals surface area contributed by atoms with Crippen molar-refractivity contribution < 1.29 is 15.0 Å². The minimum absolute atomic E-state index is 0.127. The summed E-state index contributed by atoms with van der Waals surface area (Å²) in [4.78, 5) is 14.8. The van der Waals surface area contributed by atoms with Crippen LogP contribution in [-0.2, 0) is 0 Å². The molecule has 4 rings (SSSR count). The Morgan fingerprint density at radius 1 is 0.840 bits per heavy atom. The van der Waals surface area contributed by atoms with E-state index in [1.807, 2.05) is 48.5 Å². The number of rotatable bonds is 2. The first-order valence-corrected chi connectivity index (χ1v) is 7.91. The van der Waals surface area contributed by atoms with Gasteiger partial charge in [-0.2, -0.15) is 0 Å². The molecule has 0 spiro atoms. The fraction of sp³-hybridized carbons (Fsp3) is 0.0500. The number of anilines is 2. The summed E-state index contributed by atoms with van der Waals surface area (Å²) in [5.41, 5.74) is 2.73. The highest BCUT2D eigenvalue weighted by Crippen LogP contribution is 2.38. The number of para-hydroxylation sites is 2. The summed E-state index contributed by atoms with van der Waals surface area (Å²) >= 11 is 0. The zero-order chi connectivity index (χ0) is 17.4. The number of phenolic OH excluding ortho intramolecular Hbond substituents is 2. The highest BCUT2D eigenvalue weighted by molar-refractivity contribution is 6.12. The quantitative estimate of drug-likeness (QED) is 0.623. The van der Waals surface area contributed by atoms with Crippen molar-refractivity contribution in [1.29, 1.82) is 0 Å². The van der Waals surface area contributed by atoms with Crippen LogP contribution >= 0.6 is 0 Å². The van der Waals surface area contributed by atoms with Gasteiger partial charge in [-0.15, -0.1) is 0 Å². The van der Waals surface area contributed by atoms with Crippen molar-refractivity contribution in [3.8, 4) is 11.5 Å². The second-order valence-corrected chi connectivity index (χ2v) is 5.85. The topological polar surface area (TPSA) is 72.8 Å². The molecule has 1 aliphatic heterocycles. The van der Waals surface area contributed by atoms with Crippen LogP contribution in [0.2, 0.25) is 0 Å². The molecule has 0 unspecified atom stereocenters. The molecule has 1 atom stereocenters. The third-order valence-electron chi connectivity index (χ3n) is 4.28. The zero-order valence-corrected chi connectivity index (χ0v) is 13.3. The Hall–Kier alpha value is -3.47. The van der Waals surface area contributed by atoms with Gasteiger partial charge in [0.25, 0.3) is 5.91 Å². The number of phenols is 2. The largest absolute Gasteiger partial charge is 0.504 e. The molecule has 3 aromatic carbocycles. The molecule has 0 bridgehead atoms. The van der Waals surface area contributed by atoms with Gasteiger partial charge in [0, 0.05) is 11.4 Å². The second kappa shape index (κ2) is 5.87. The number of carbonyl (C=O) groups is 1. The maximum Gasteiger partial charge on any atom is 0.262 e. The van der Waals surface area contributed by atoms with Gasteiger partial charge in [-0.25, -0.2) is 0 Å². The molecule has 3 aromatic rings. The van der Waals surface area contributed by atoms with E-state index < -0.39 is 6.17 Å². The Bertz CT molecular complexity index is 941. The summed E-state index contributed by atoms with van der Waals surface area (Å²) in [5.74, 6) is -0.547. The monoisotopic (exact) mass is 332 g/mol. The lowest BCUT2D eigenvalue weighted by Crippen LogP contribution is -2.43. The molecule has 0 fully saturated rings. The van der Waals surface area contributed by atoms with Gasteiger partial charge in [0.2, 0.25) is 0 Å². The van der Waals surface area contributed by atoms with Crippen molar-refractivity contribution in [3.05, 3.63) is 83.9 Å². The molecule has 0 radical (unpaired) electrons. The highest BCUT2D eigenvalue weighted by Gasteiger charge is 2.34. The number of nitrogens with zero attached hydrogens (tertiary/aromatic N) is 1. The van der Waals surface area contributed by atoms with Crippen LogP contribution in [0, 0.1) is 0 Å². The summed E-state index contributed by atoms with van der Waals surface area (Å²) in [6.07, 6.45) is -0.503. The lowest BCUT2D eigenvalue weighted by atomic mass is 10.0. The second-order valence-electron chi connectivity index (χ2n) is 5.85. The Kier molecular flexibility index (Phi) is 3.54. The van der Waals surface area contributed by atoms with Crippen LogP contribution in [-0.4, -0.2) is 16.1 Å². The summed E-state index contributed by atoms with van der Waals surface area (Å²) in [6, 6.07) is 21.2. The van der Waals surface area contributed by atoms with E-state index in [0.29, 0.717) is 11.1 Å². The highest BCUT2D eigenvalue weighted by atomic mass is 16.3. The molecule has 0 saturated heterocycles. The lowest BCUT2D eigenvalue weighted by molar-refractivity contribution is 0.0975. The molecule has 5 nitrogen and oxygen atoms in total. The average molecular weight is 332 g/mol. The van der Waals surface area contributed by atoms with E-state index >= 15 is 0 Å². The number of hydrogen-bond donors (Lipinski definition) is 3. The summed E-state index contributed by atoms with van der Waals surface area (Å²) in [7, 11) is 0. The number of fused-ring (bicyclic) bond motifs is 1. The molecule has 124 valence electrons. The van der Waals surface area contributed by atoms with Crippen LogP contribution in [0.5, 0.6) is 11.5 Å². The number of nitrogens with one attached hydrogen (secondary N) is 1. The van der Waals surface area contributed by atoms with Crippen molar-refractivity contribution in [2.24, 2.45) is 0 Å². The minimum Gasteiger partial charge on any atom is -0.504 e. The van der Waals surface area contributed by atoms with Crippen LogP contribution in [0.3, 0.4) is 0 Å². The number of amides is 1. The maximum absolute atomic E-state index is 13.1. The zero-order valence-electron chi connectivity index (χ0n) is 13.3. The van der Waals surface area contributed by atoms with Crippen molar-refractivity contribution in [2.45, 2.75) is 6.17 Å². The van der Waals surface area contributed by atoms with Gasteiger partial charge >= 0.3 is 0 Å². The van der Waals surface area contributed by atoms with Crippen molar-refractivity contribution >= 4 is 17.3 Å². The summed E-state index contributed by atoms with van der Waals surface area (Å²) in [5, 5.41) is 22.8. The van der Waals surface area contributed by atoms with Gasteiger partial charge in [-0.1, -0.05) is 36.4 Å². The van der Waals surface area contributed by atoms with Crippen molar-refractivity contribution in [2.75, 3.05) is 10.2 Å². The third kappa shape index (κ3) is 2.55. The van der Waals surface area contributed by atoms with Crippen LogP contribution in [0.15, 0.2) is 72.8 Å². The van der Waals surface area contributed by atoms with Crippen LogP contribution in [0.1, 0.15) is 22.1 Å². The van der Waals surface area contributed by atoms with Gasteiger partial charge in [-0.05, 0) is 42.0 Å². The molecule has 1 amide bonds. The van der Waals surface area contributed by atoms with E-state index in [-0.39, 0.29) is 17.4 Å². The standard InChI is InChI=1S/C20H16N2O3/c23-17-11-10-13(12-18(17)24)19-21-16-9-5-4-8-15(16)20(25)22(19)14-6-2-1-3-7-14/h1-12,19,21,23-24H/t19-/m0/s1. The number of carbonyl (C=O) groups excluding carboxylic acids is 1. The van der Waals surface area contributed by atoms with Crippen LogP contribution < -0.4 is 10.2 Å². The lowest BCUT2D eigenvalue weighted by Gasteiger charge is -2.38. The Labute approximate surface area is 144 Å². The Morgan fingerprint density at radius 2 is 1.56 bits per heavy atom. The first-order valence-electron chi connectivity index (χ1n) is 7.91. The van der Waals surface area contributed by atoms with E-state index in [9.17, 15) is 15.0 Å². The number of hydrogen-bond acceptors (Lipinski definition) is 4. The maximum atomic E-state index is 13.1. The number of aromatic hydroxyl groups is 2. The molecule has 0 aliphatic carbocycles. The molecule has 0 aromatic heterocycles. The summed E-state index contributed by atoms with van der Waals surface area (Å²) in [6.45, 7) is 0. The molecule has 3 N–H and O–H groups in total. The normalized spacial score (nSPS) is 16.2. The van der Waals surface area contributed by atoms with Gasteiger partial charge in [0.15, 0.2) is 11.5 Å². The molecular weight excluding hydrogens is 316 g/mol. The number of benzene rings is 3. The van der Waals surface area contributed by atoms with Gasteiger partial charge in [-0.3, -0.25) is 9.69 Å². The van der Waals surface area contributed by atoms with Gasteiger partial charge in [0.1, 0.15) is 6.17 Å². The van der Waals surface area contributed by atoms with E-state index in [2.05, 4.69) is 5.32 Å². The Morgan fingerprint density at radius 3 is 2.32 bits per heavy atom. The predicted octanol–water partition coefficient (Wildman–Crippen LogP) is 3.87.